The third-order valence-electron chi connectivity index (χ3n) is 3.96. The molecule has 0 saturated heterocycles. The van der Waals surface area contributed by atoms with E-state index in [2.05, 4.69) is 27.4 Å². The van der Waals surface area contributed by atoms with Crippen LogP contribution >= 0.6 is 11.8 Å². The number of carbonyl (C=O) groups is 2. The zero-order chi connectivity index (χ0) is 15.1. The van der Waals surface area contributed by atoms with Crippen LogP contribution in [0.4, 0.5) is 0 Å². The lowest BCUT2D eigenvalue weighted by atomic mass is 9.75. The molecule has 1 fully saturated rings. The Morgan fingerprint density at radius 1 is 1.40 bits per heavy atom. The number of hydrogen-bond donors (Lipinski definition) is 0. The molecule has 3 unspecified atom stereocenters. The molecule has 0 aromatic rings. The minimum Gasteiger partial charge on any atom is -0.462 e. The summed E-state index contributed by atoms with van der Waals surface area (Å²) < 4.78 is 5.66. The highest BCUT2D eigenvalue weighted by molar-refractivity contribution is 8.14. The van der Waals surface area contributed by atoms with Gasteiger partial charge in [-0.2, -0.15) is 0 Å². The number of rotatable bonds is 6. The lowest BCUT2D eigenvalue weighted by Gasteiger charge is -2.36. The Labute approximate surface area is 126 Å². The smallest absolute Gasteiger partial charge is 0.306 e. The molecule has 0 N–H and O–H groups in total. The van der Waals surface area contributed by atoms with E-state index in [0.717, 1.165) is 24.6 Å². The molecule has 0 aromatic heterocycles. The SMILES string of the molecule is C=CC(=O)SCCC(=O)OC1CC(C)CCC1C(C)C. The molecule has 20 heavy (non-hydrogen) atoms. The molecule has 0 amide bonds. The lowest BCUT2D eigenvalue weighted by Crippen LogP contribution is -2.35. The topological polar surface area (TPSA) is 43.4 Å². The van der Waals surface area contributed by atoms with Gasteiger partial charge in [-0.1, -0.05) is 45.5 Å². The summed E-state index contributed by atoms with van der Waals surface area (Å²) in [4.78, 5) is 22.9. The standard InChI is InChI=1S/C16H26O3S/c1-5-16(18)20-9-8-15(17)19-14-10-12(4)6-7-13(14)11(2)3/h5,11-14H,1,6-10H2,2-4H3. The van der Waals surface area contributed by atoms with Crippen LogP contribution in [0, 0.1) is 17.8 Å². The van der Waals surface area contributed by atoms with Crippen molar-refractivity contribution in [1.29, 1.82) is 0 Å². The molecule has 0 aliphatic heterocycles. The molecule has 1 aliphatic carbocycles. The highest BCUT2D eigenvalue weighted by Crippen LogP contribution is 2.35. The highest BCUT2D eigenvalue weighted by Gasteiger charge is 2.33. The van der Waals surface area contributed by atoms with Crippen molar-refractivity contribution in [2.24, 2.45) is 17.8 Å². The van der Waals surface area contributed by atoms with Gasteiger partial charge in [0.15, 0.2) is 0 Å². The van der Waals surface area contributed by atoms with Crippen molar-refractivity contribution < 1.29 is 14.3 Å². The molecular formula is C16H26O3S. The Morgan fingerprint density at radius 2 is 2.10 bits per heavy atom. The summed E-state index contributed by atoms with van der Waals surface area (Å²) in [6, 6.07) is 0. The van der Waals surface area contributed by atoms with Crippen LogP contribution in [0.2, 0.25) is 0 Å². The Hall–Kier alpha value is -0.770. The van der Waals surface area contributed by atoms with Gasteiger partial charge in [-0.3, -0.25) is 9.59 Å². The minimum atomic E-state index is -0.181. The molecular weight excluding hydrogens is 272 g/mol. The Balaban J connectivity index is 2.41. The van der Waals surface area contributed by atoms with E-state index in [-0.39, 0.29) is 17.2 Å². The van der Waals surface area contributed by atoms with Gasteiger partial charge >= 0.3 is 5.97 Å². The molecule has 0 radical (unpaired) electrons. The van der Waals surface area contributed by atoms with Crippen LogP contribution in [0.1, 0.15) is 46.5 Å². The van der Waals surface area contributed by atoms with Crippen molar-refractivity contribution in [2.75, 3.05) is 5.75 Å². The van der Waals surface area contributed by atoms with Gasteiger partial charge < -0.3 is 4.74 Å². The maximum atomic E-state index is 11.9. The normalized spacial score (nSPS) is 26.3. The predicted octanol–water partition coefficient (Wildman–Crippen LogP) is 3.83. The second-order valence-corrected chi connectivity index (χ2v) is 7.08. The van der Waals surface area contributed by atoms with Crippen molar-refractivity contribution in [2.45, 2.75) is 52.6 Å². The summed E-state index contributed by atoms with van der Waals surface area (Å²) in [5.41, 5.74) is 0. The van der Waals surface area contributed by atoms with Crippen molar-refractivity contribution >= 4 is 22.8 Å². The lowest BCUT2D eigenvalue weighted by molar-refractivity contribution is -0.155. The molecule has 4 heteroatoms. The maximum Gasteiger partial charge on any atom is 0.306 e. The summed E-state index contributed by atoms with van der Waals surface area (Å²) in [6.45, 7) is 10.0. The van der Waals surface area contributed by atoms with Gasteiger partial charge in [-0.25, -0.2) is 0 Å². The zero-order valence-electron chi connectivity index (χ0n) is 12.8. The van der Waals surface area contributed by atoms with Gasteiger partial charge in [0.25, 0.3) is 0 Å². The second-order valence-electron chi connectivity index (χ2n) is 5.98. The van der Waals surface area contributed by atoms with E-state index in [9.17, 15) is 9.59 Å². The summed E-state index contributed by atoms with van der Waals surface area (Å²) in [5.74, 6) is 1.92. The summed E-state index contributed by atoms with van der Waals surface area (Å²) >= 11 is 1.12. The van der Waals surface area contributed by atoms with Crippen LogP contribution in [0.5, 0.6) is 0 Å². The van der Waals surface area contributed by atoms with Crippen molar-refractivity contribution in [1.82, 2.24) is 0 Å². The molecule has 1 saturated carbocycles. The third-order valence-corrected chi connectivity index (χ3v) is 4.82. The van der Waals surface area contributed by atoms with Gasteiger partial charge in [-0.05, 0) is 36.7 Å². The van der Waals surface area contributed by atoms with Gasteiger partial charge in [0, 0.05) is 5.75 Å². The quantitative estimate of drug-likeness (QED) is 0.552. The first-order chi connectivity index (χ1) is 9.43. The first kappa shape index (κ1) is 17.3. The molecule has 114 valence electrons. The molecule has 0 bridgehead atoms. The molecule has 3 nitrogen and oxygen atoms in total. The minimum absolute atomic E-state index is 0.0476. The first-order valence-electron chi connectivity index (χ1n) is 7.42. The molecule has 3 atom stereocenters. The maximum absolute atomic E-state index is 11.9. The van der Waals surface area contributed by atoms with Crippen molar-refractivity contribution in [3.8, 4) is 0 Å². The summed E-state index contributed by atoms with van der Waals surface area (Å²) in [7, 11) is 0. The fourth-order valence-electron chi connectivity index (χ4n) is 2.77. The molecule has 0 heterocycles. The van der Waals surface area contributed by atoms with Gasteiger partial charge in [-0.15, -0.1) is 0 Å². The van der Waals surface area contributed by atoms with Gasteiger partial charge in [0.2, 0.25) is 5.12 Å². The predicted molar refractivity (Wildman–Crippen MR) is 83.5 cm³/mol. The monoisotopic (exact) mass is 298 g/mol. The van der Waals surface area contributed by atoms with E-state index in [1.807, 2.05) is 0 Å². The van der Waals surface area contributed by atoms with E-state index in [0.29, 0.717) is 29.9 Å². The van der Waals surface area contributed by atoms with Gasteiger partial charge in [0.05, 0.1) is 6.42 Å². The largest absolute Gasteiger partial charge is 0.462 e. The summed E-state index contributed by atoms with van der Waals surface area (Å²) in [5, 5.41) is -0.0934. The van der Waals surface area contributed by atoms with E-state index in [4.69, 9.17) is 4.74 Å². The van der Waals surface area contributed by atoms with Crippen LogP contribution in [0.15, 0.2) is 12.7 Å². The van der Waals surface area contributed by atoms with E-state index in [1.165, 1.54) is 12.5 Å². The van der Waals surface area contributed by atoms with Crippen LogP contribution < -0.4 is 0 Å². The first-order valence-corrected chi connectivity index (χ1v) is 8.41. The number of ether oxygens (including phenoxy) is 1. The van der Waals surface area contributed by atoms with Crippen LogP contribution in [-0.4, -0.2) is 22.9 Å². The third kappa shape index (κ3) is 5.70. The average molecular weight is 298 g/mol. The number of hydrogen-bond acceptors (Lipinski definition) is 4. The Morgan fingerprint density at radius 3 is 2.70 bits per heavy atom. The fraction of sp³-hybridized carbons (Fsp3) is 0.750. The van der Waals surface area contributed by atoms with E-state index in [1.54, 1.807) is 0 Å². The number of thioether (sulfide) groups is 1. The van der Waals surface area contributed by atoms with Gasteiger partial charge in [0.1, 0.15) is 6.10 Å². The highest BCUT2D eigenvalue weighted by atomic mass is 32.2. The summed E-state index contributed by atoms with van der Waals surface area (Å²) in [6.07, 6.45) is 4.94. The Bertz CT molecular complexity index is 352. The Kier molecular flexibility index (Phi) is 7.35. The van der Waals surface area contributed by atoms with Crippen LogP contribution in [-0.2, 0) is 14.3 Å². The zero-order valence-corrected chi connectivity index (χ0v) is 13.6. The molecule has 1 rings (SSSR count). The average Bonchev–Trinajstić information content (AvgIpc) is 2.38. The van der Waals surface area contributed by atoms with Crippen molar-refractivity contribution in [3.63, 3.8) is 0 Å². The van der Waals surface area contributed by atoms with E-state index >= 15 is 0 Å². The second kappa shape index (κ2) is 8.50. The molecule has 1 aliphatic rings. The van der Waals surface area contributed by atoms with Crippen LogP contribution in [0.25, 0.3) is 0 Å². The fourth-order valence-corrected chi connectivity index (χ4v) is 3.36. The number of esters is 1. The van der Waals surface area contributed by atoms with E-state index < -0.39 is 0 Å². The molecule has 0 aromatic carbocycles. The van der Waals surface area contributed by atoms with Crippen molar-refractivity contribution in [3.05, 3.63) is 12.7 Å². The molecule has 0 spiro atoms. The van der Waals surface area contributed by atoms with Crippen LogP contribution in [0.3, 0.4) is 0 Å². The number of carbonyl (C=O) groups excluding carboxylic acids is 2.